The standard InChI is InChI=1S/C14H15N3O/c1-10-7-8-14(18)13(9-10)17-15-11-5-3-4-6-12(11)16(17)2/h3-9,15,18H,1-2H3. The Kier molecular flexibility index (Phi) is 2.30. The summed E-state index contributed by atoms with van der Waals surface area (Å²) in [7, 11) is 1.96. The van der Waals surface area contributed by atoms with Gasteiger partial charge < -0.3 is 5.11 Å². The van der Waals surface area contributed by atoms with Crippen molar-refractivity contribution in [3.05, 3.63) is 48.0 Å². The molecule has 2 aromatic rings. The summed E-state index contributed by atoms with van der Waals surface area (Å²) in [5, 5.41) is 13.8. The first-order valence-electron chi connectivity index (χ1n) is 5.86. The number of hydrazine groups is 2. The maximum atomic E-state index is 9.98. The molecular formula is C14H15N3O. The second-order valence-electron chi connectivity index (χ2n) is 4.46. The molecule has 3 rings (SSSR count). The first-order valence-corrected chi connectivity index (χ1v) is 5.86. The first kappa shape index (κ1) is 10.8. The Bertz CT molecular complexity index is 597. The van der Waals surface area contributed by atoms with Gasteiger partial charge in [0, 0.05) is 7.05 Å². The molecule has 0 radical (unpaired) electrons. The second-order valence-corrected chi connectivity index (χ2v) is 4.46. The number of nitrogens with zero attached hydrogens (tertiary/aromatic N) is 2. The lowest BCUT2D eigenvalue weighted by atomic mass is 10.2. The lowest BCUT2D eigenvalue weighted by Gasteiger charge is -2.28. The number of phenolic OH excluding ortho intramolecular Hbond substituents is 1. The molecule has 1 aliphatic rings. The molecule has 0 amide bonds. The van der Waals surface area contributed by atoms with E-state index in [0.717, 1.165) is 22.6 Å². The Balaban J connectivity index is 2.04. The summed E-state index contributed by atoms with van der Waals surface area (Å²) >= 11 is 0. The van der Waals surface area contributed by atoms with Crippen molar-refractivity contribution in [2.24, 2.45) is 0 Å². The number of hydrogen-bond acceptors (Lipinski definition) is 4. The van der Waals surface area contributed by atoms with Crippen LogP contribution in [0.1, 0.15) is 5.56 Å². The van der Waals surface area contributed by atoms with Crippen LogP contribution < -0.4 is 15.6 Å². The number of nitrogens with one attached hydrogen (secondary N) is 1. The van der Waals surface area contributed by atoms with Crippen LogP contribution in [0.5, 0.6) is 5.75 Å². The topological polar surface area (TPSA) is 38.7 Å². The van der Waals surface area contributed by atoms with Gasteiger partial charge in [-0.05, 0) is 36.8 Å². The Morgan fingerprint density at radius 2 is 1.83 bits per heavy atom. The minimum absolute atomic E-state index is 0.257. The number of aryl methyl sites for hydroxylation is 1. The Hall–Kier alpha value is -2.36. The molecule has 0 saturated heterocycles. The van der Waals surface area contributed by atoms with E-state index in [1.165, 1.54) is 0 Å². The summed E-state index contributed by atoms with van der Waals surface area (Å²) in [6, 6.07) is 13.6. The van der Waals surface area contributed by atoms with Crippen molar-refractivity contribution in [3.63, 3.8) is 0 Å². The molecule has 4 nitrogen and oxygen atoms in total. The average molecular weight is 241 g/mol. The molecule has 0 aromatic heterocycles. The molecule has 18 heavy (non-hydrogen) atoms. The molecule has 4 heteroatoms. The van der Waals surface area contributed by atoms with Gasteiger partial charge in [-0.1, -0.05) is 18.2 Å². The van der Waals surface area contributed by atoms with Crippen molar-refractivity contribution in [3.8, 4) is 5.75 Å². The number of rotatable bonds is 1. The van der Waals surface area contributed by atoms with Crippen LogP contribution in [0.3, 0.4) is 0 Å². The van der Waals surface area contributed by atoms with Gasteiger partial charge in [0.1, 0.15) is 11.4 Å². The molecule has 0 fully saturated rings. The number of phenols is 1. The van der Waals surface area contributed by atoms with Gasteiger partial charge in [-0.2, -0.15) is 5.12 Å². The molecule has 2 aromatic carbocycles. The lowest BCUT2D eigenvalue weighted by Crippen LogP contribution is -2.38. The molecule has 2 N–H and O–H groups in total. The summed E-state index contributed by atoms with van der Waals surface area (Å²) in [4.78, 5) is 0. The molecule has 92 valence electrons. The van der Waals surface area contributed by atoms with E-state index >= 15 is 0 Å². The zero-order valence-corrected chi connectivity index (χ0v) is 10.4. The van der Waals surface area contributed by atoms with Crippen molar-refractivity contribution < 1.29 is 5.11 Å². The smallest absolute Gasteiger partial charge is 0.142 e. The summed E-state index contributed by atoms with van der Waals surface area (Å²) in [6.07, 6.45) is 0. The fourth-order valence-corrected chi connectivity index (χ4v) is 2.17. The van der Waals surface area contributed by atoms with Gasteiger partial charge in [0.15, 0.2) is 0 Å². The molecule has 0 bridgehead atoms. The molecular weight excluding hydrogens is 226 g/mol. The molecule has 1 aliphatic heterocycles. The van der Waals surface area contributed by atoms with Gasteiger partial charge in [0.2, 0.25) is 0 Å². The first-order chi connectivity index (χ1) is 8.66. The largest absolute Gasteiger partial charge is 0.506 e. The lowest BCUT2D eigenvalue weighted by molar-refractivity contribution is 0.474. The van der Waals surface area contributed by atoms with E-state index < -0.39 is 0 Å². The van der Waals surface area contributed by atoms with Gasteiger partial charge in [-0.25, -0.2) is 0 Å². The number of para-hydroxylation sites is 2. The van der Waals surface area contributed by atoms with Crippen LogP contribution in [-0.4, -0.2) is 12.2 Å². The van der Waals surface area contributed by atoms with E-state index in [-0.39, 0.29) is 5.75 Å². The van der Waals surface area contributed by atoms with Crippen molar-refractivity contribution in [2.45, 2.75) is 6.92 Å². The monoisotopic (exact) mass is 241 g/mol. The van der Waals surface area contributed by atoms with E-state index in [0.29, 0.717) is 0 Å². The minimum Gasteiger partial charge on any atom is -0.506 e. The fraction of sp³-hybridized carbons (Fsp3) is 0.143. The summed E-state index contributed by atoms with van der Waals surface area (Å²) < 4.78 is 0. The van der Waals surface area contributed by atoms with E-state index in [1.807, 2.05) is 60.5 Å². The second kappa shape index (κ2) is 3.84. The fourth-order valence-electron chi connectivity index (χ4n) is 2.17. The van der Waals surface area contributed by atoms with Crippen molar-refractivity contribution >= 4 is 17.1 Å². The highest BCUT2D eigenvalue weighted by Gasteiger charge is 2.25. The maximum absolute atomic E-state index is 9.98. The van der Waals surface area contributed by atoms with E-state index in [9.17, 15) is 5.11 Å². The Morgan fingerprint density at radius 3 is 2.61 bits per heavy atom. The molecule has 0 saturated carbocycles. The predicted molar refractivity (Wildman–Crippen MR) is 73.8 cm³/mol. The van der Waals surface area contributed by atoms with Crippen LogP contribution >= 0.6 is 0 Å². The van der Waals surface area contributed by atoms with Crippen molar-refractivity contribution in [1.29, 1.82) is 0 Å². The third kappa shape index (κ3) is 1.54. The third-order valence-corrected chi connectivity index (χ3v) is 3.14. The highest BCUT2D eigenvalue weighted by molar-refractivity contribution is 5.81. The van der Waals surface area contributed by atoms with Gasteiger partial charge in [0.25, 0.3) is 0 Å². The van der Waals surface area contributed by atoms with Crippen LogP contribution in [0.4, 0.5) is 17.1 Å². The van der Waals surface area contributed by atoms with E-state index in [2.05, 4.69) is 5.43 Å². The number of aromatic hydroxyl groups is 1. The van der Waals surface area contributed by atoms with Crippen LogP contribution in [0, 0.1) is 6.92 Å². The molecule has 0 atom stereocenters. The SMILES string of the molecule is Cc1ccc(O)c(N2Nc3ccccc3N2C)c1. The molecule has 0 spiro atoms. The Morgan fingerprint density at radius 1 is 1.06 bits per heavy atom. The molecule has 0 unspecified atom stereocenters. The van der Waals surface area contributed by atoms with Gasteiger partial charge in [-0.3, -0.25) is 10.4 Å². The van der Waals surface area contributed by atoms with Crippen LogP contribution in [0.25, 0.3) is 0 Å². The van der Waals surface area contributed by atoms with Crippen LogP contribution in [-0.2, 0) is 0 Å². The highest BCUT2D eigenvalue weighted by atomic mass is 16.3. The summed E-state index contributed by atoms with van der Waals surface area (Å²) in [5.41, 5.74) is 7.23. The molecule has 1 heterocycles. The van der Waals surface area contributed by atoms with E-state index in [1.54, 1.807) is 6.07 Å². The van der Waals surface area contributed by atoms with Crippen LogP contribution in [0.15, 0.2) is 42.5 Å². The average Bonchev–Trinajstić information content (AvgIpc) is 2.71. The van der Waals surface area contributed by atoms with Crippen molar-refractivity contribution in [1.82, 2.24) is 0 Å². The summed E-state index contributed by atoms with van der Waals surface area (Å²) in [6.45, 7) is 2.01. The Labute approximate surface area is 106 Å². The third-order valence-electron chi connectivity index (χ3n) is 3.14. The van der Waals surface area contributed by atoms with Gasteiger partial charge >= 0.3 is 0 Å². The zero-order valence-electron chi connectivity index (χ0n) is 10.4. The normalized spacial score (nSPS) is 13.4. The van der Waals surface area contributed by atoms with E-state index in [4.69, 9.17) is 0 Å². The number of fused-ring (bicyclic) bond motifs is 1. The zero-order chi connectivity index (χ0) is 12.7. The summed E-state index contributed by atoms with van der Waals surface area (Å²) in [5.74, 6) is 0.257. The number of hydrogen-bond donors (Lipinski definition) is 2. The highest BCUT2D eigenvalue weighted by Crippen LogP contribution is 2.38. The number of anilines is 3. The van der Waals surface area contributed by atoms with Gasteiger partial charge in [-0.15, -0.1) is 0 Å². The molecule has 0 aliphatic carbocycles. The van der Waals surface area contributed by atoms with Crippen LogP contribution in [0.2, 0.25) is 0 Å². The minimum atomic E-state index is 0.257. The van der Waals surface area contributed by atoms with Crippen molar-refractivity contribution in [2.75, 3.05) is 22.6 Å². The van der Waals surface area contributed by atoms with Gasteiger partial charge in [0.05, 0.1) is 11.4 Å². The predicted octanol–water partition coefficient (Wildman–Crippen LogP) is 2.90. The quantitative estimate of drug-likeness (QED) is 0.805. The number of benzene rings is 2. The maximum Gasteiger partial charge on any atom is 0.142 e.